The van der Waals surface area contributed by atoms with Gasteiger partial charge in [-0.2, -0.15) is 0 Å². The number of sulfonamides is 1. The second-order valence-electron chi connectivity index (χ2n) is 7.87. The van der Waals surface area contributed by atoms with Gasteiger partial charge in [0.05, 0.1) is 11.1 Å². The summed E-state index contributed by atoms with van der Waals surface area (Å²) < 4.78 is 24.4. The molecule has 3 rings (SSSR count). The van der Waals surface area contributed by atoms with Crippen LogP contribution in [0.4, 0.5) is 0 Å². The molecule has 1 fully saturated rings. The fourth-order valence-electron chi connectivity index (χ4n) is 3.64. The van der Waals surface area contributed by atoms with Gasteiger partial charge in [0.2, 0.25) is 15.9 Å². The van der Waals surface area contributed by atoms with E-state index in [0.717, 1.165) is 25.9 Å². The van der Waals surface area contributed by atoms with Crippen molar-refractivity contribution >= 4 is 15.9 Å². The average molecular weight is 406 g/mol. The van der Waals surface area contributed by atoms with Crippen molar-refractivity contribution in [3.05, 3.63) is 30.5 Å². The maximum absolute atomic E-state index is 13.1. The molecule has 2 aromatic rings. The second-order valence-corrected chi connectivity index (χ2v) is 9.44. The third-order valence-corrected chi connectivity index (χ3v) is 6.06. The number of nitrogens with two attached hydrogens (primary N) is 1. The van der Waals surface area contributed by atoms with Crippen LogP contribution in [0.15, 0.2) is 35.4 Å². The van der Waals surface area contributed by atoms with Crippen LogP contribution < -0.4 is 5.14 Å². The van der Waals surface area contributed by atoms with Gasteiger partial charge in [0.15, 0.2) is 0 Å². The highest BCUT2D eigenvalue weighted by Gasteiger charge is 2.32. The zero-order valence-corrected chi connectivity index (χ0v) is 17.3. The topological polar surface area (TPSA) is 111 Å². The SMILES string of the molecule is CC1CCCN(C(=O)[C@@H](C(C)C)n2cc(-c3ccc(S(N)(=O)=O)cc3)nn2)C1. The maximum atomic E-state index is 13.1. The molecule has 0 aliphatic carbocycles. The Hall–Kier alpha value is -2.26. The lowest BCUT2D eigenvalue weighted by molar-refractivity contribution is -0.138. The van der Waals surface area contributed by atoms with Crippen molar-refractivity contribution in [2.24, 2.45) is 17.0 Å². The van der Waals surface area contributed by atoms with Crippen LogP contribution in [0.2, 0.25) is 0 Å². The molecule has 0 radical (unpaired) electrons. The van der Waals surface area contributed by atoms with Gasteiger partial charge in [0.1, 0.15) is 11.7 Å². The van der Waals surface area contributed by atoms with E-state index in [-0.39, 0.29) is 16.7 Å². The number of hydrogen-bond donors (Lipinski definition) is 1. The largest absolute Gasteiger partial charge is 0.341 e. The van der Waals surface area contributed by atoms with Gasteiger partial charge < -0.3 is 4.90 Å². The number of likely N-dealkylation sites (tertiary alicyclic amines) is 1. The Morgan fingerprint density at radius 2 is 1.93 bits per heavy atom. The molecule has 0 saturated carbocycles. The molecule has 0 spiro atoms. The summed E-state index contributed by atoms with van der Waals surface area (Å²) in [6.45, 7) is 7.72. The Kier molecular flexibility index (Phi) is 5.85. The van der Waals surface area contributed by atoms with Crippen molar-refractivity contribution in [2.45, 2.75) is 44.6 Å². The fourth-order valence-corrected chi connectivity index (χ4v) is 4.16. The molecule has 1 saturated heterocycles. The van der Waals surface area contributed by atoms with Crippen molar-refractivity contribution in [1.29, 1.82) is 0 Å². The molecule has 28 heavy (non-hydrogen) atoms. The minimum absolute atomic E-state index is 0.0399. The molecule has 1 aliphatic rings. The highest BCUT2D eigenvalue weighted by molar-refractivity contribution is 7.89. The minimum atomic E-state index is -3.74. The Morgan fingerprint density at radius 1 is 1.25 bits per heavy atom. The number of piperidine rings is 1. The summed E-state index contributed by atoms with van der Waals surface area (Å²) in [5.41, 5.74) is 1.28. The second kappa shape index (κ2) is 8.00. The lowest BCUT2D eigenvalue weighted by Crippen LogP contribution is -2.44. The van der Waals surface area contributed by atoms with Crippen LogP contribution in [0.1, 0.15) is 39.7 Å². The van der Waals surface area contributed by atoms with E-state index in [4.69, 9.17) is 5.14 Å². The number of carbonyl (C=O) groups excluding carboxylic acids is 1. The summed E-state index contributed by atoms with van der Waals surface area (Å²) >= 11 is 0. The van der Waals surface area contributed by atoms with Gasteiger partial charge in [0, 0.05) is 18.7 Å². The molecule has 9 heteroatoms. The summed E-state index contributed by atoms with van der Waals surface area (Å²) in [5.74, 6) is 0.640. The first kappa shape index (κ1) is 20.5. The molecule has 1 unspecified atom stereocenters. The average Bonchev–Trinajstić information content (AvgIpc) is 3.10. The fraction of sp³-hybridized carbons (Fsp3) is 0.526. The monoisotopic (exact) mass is 405 g/mol. The molecule has 1 aliphatic heterocycles. The third kappa shape index (κ3) is 4.41. The van der Waals surface area contributed by atoms with Crippen molar-refractivity contribution in [3.63, 3.8) is 0 Å². The van der Waals surface area contributed by atoms with E-state index in [1.54, 1.807) is 23.0 Å². The first-order chi connectivity index (χ1) is 13.2. The van der Waals surface area contributed by atoms with Crippen LogP contribution in [-0.4, -0.2) is 47.3 Å². The molecule has 0 bridgehead atoms. The normalized spacial score (nSPS) is 19.0. The molecule has 2 heterocycles. The van der Waals surface area contributed by atoms with E-state index in [0.29, 0.717) is 17.2 Å². The third-order valence-electron chi connectivity index (χ3n) is 5.13. The van der Waals surface area contributed by atoms with Gasteiger partial charge in [-0.1, -0.05) is 38.1 Å². The van der Waals surface area contributed by atoms with Crippen LogP contribution in [0.25, 0.3) is 11.3 Å². The van der Waals surface area contributed by atoms with Crippen molar-refractivity contribution in [3.8, 4) is 11.3 Å². The number of amides is 1. The number of primary sulfonamides is 1. The summed E-state index contributed by atoms with van der Waals surface area (Å²) in [5, 5.41) is 13.5. The first-order valence-corrected chi connectivity index (χ1v) is 11.1. The first-order valence-electron chi connectivity index (χ1n) is 9.50. The number of aromatic nitrogens is 3. The predicted octanol–water partition coefficient (Wildman–Crippen LogP) is 2.05. The van der Waals surface area contributed by atoms with Crippen LogP contribution in [-0.2, 0) is 14.8 Å². The van der Waals surface area contributed by atoms with E-state index in [9.17, 15) is 13.2 Å². The summed E-state index contributed by atoms with van der Waals surface area (Å²) in [6.07, 6.45) is 3.91. The van der Waals surface area contributed by atoms with Gasteiger partial charge in [-0.3, -0.25) is 4.79 Å². The highest BCUT2D eigenvalue weighted by Crippen LogP contribution is 2.26. The maximum Gasteiger partial charge on any atom is 0.247 e. The van der Waals surface area contributed by atoms with Gasteiger partial charge in [-0.25, -0.2) is 18.2 Å². The molecule has 1 amide bonds. The number of carbonyl (C=O) groups is 1. The highest BCUT2D eigenvalue weighted by atomic mass is 32.2. The number of rotatable bonds is 5. The Morgan fingerprint density at radius 3 is 2.50 bits per heavy atom. The van der Waals surface area contributed by atoms with Crippen molar-refractivity contribution in [2.75, 3.05) is 13.1 Å². The number of benzene rings is 1. The quantitative estimate of drug-likeness (QED) is 0.818. The number of nitrogens with zero attached hydrogens (tertiary/aromatic N) is 4. The Labute approximate surface area is 165 Å². The molecule has 152 valence electrons. The summed E-state index contributed by atoms with van der Waals surface area (Å²) in [7, 11) is -3.74. The van der Waals surface area contributed by atoms with Crippen LogP contribution in [0.3, 0.4) is 0 Å². The van der Waals surface area contributed by atoms with Gasteiger partial charge in [-0.15, -0.1) is 5.10 Å². The van der Waals surface area contributed by atoms with Crippen molar-refractivity contribution in [1.82, 2.24) is 19.9 Å². The van der Waals surface area contributed by atoms with Crippen LogP contribution >= 0.6 is 0 Å². The Bertz CT molecular complexity index is 937. The zero-order valence-electron chi connectivity index (χ0n) is 16.4. The standard InChI is InChI=1S/C19H27N5O3S/c1-13(2)18(19(25)23-10-4-5-14(3)11-23)24-12-17(21-22-24)15-6-8-16(9-7-15)28(20,26)27/h6-9,12-14,18H,4-5,10-11H2,1-3H3,(H2,20,26,27)/t14?,18-/m1/s1. The lowest BCUT2D eigenvalue weighted by Gasteiger charge is -2.34. The van der Waals surface area contributed by atoms with Gasteiger partial charge in [-0.05, 0) is 36.8 Å². The predicted molar refractivity (Wildman–Crippen MR) is 106 cm³/mol. The van der Waals surface area contributed by atoms with E-state index in [2.05, 4.69) is 17.2 Å². The lowest BCUT2D eigenvalue weighted by atomic mass is 9.97. The number of hydrogen-bond acceptors (Lipinski definition) is 5. The van der Waals surface area contributed by atoms with Gasteiger partial charge >= 0.3 is 0 Å². The molecular weight excluding hydrogens is 378 g/mol. The van der Waals surface area contributed by atoms with Gasteiger partial charge in [0.25, 0.3) is 0 Å². The van der Waals surface area contributed by atoms with E-state index < -0.39 is 16.1 Å². The molecular formula is C19H27N5O3S. The molecule has 8 nitrogen and oxygen atoms in total. The minimum Gasteiger partial charge on any atom is -0.341 e. The van der Waals surface area contributed by atoms with Crippen LogP contribution in [0.5, 0.6) is 0 Å². The van der Waals surface area contributed by atoms with E-state index in [1.165, 1.54) is 12.1 Å². The summed E-state index contributed by atoms with van der Waals surface area (Å²) in [6, 6.07) is 5.71. The molecule has 2 N–H and O–H groups in total. The zero-order chi connectivity index (χ0) is 20.5. The van der Waals surface area contributed by atoms with E-state index >= 15 is 0 Å². The molecule has 2 atom stereocenters. The molecule has 1 aromatic carbocycles. The summed E-state index contributed by atoms with van der Waals surface area (Å²) in [4.78, 5) is 15.1. The smallest absolute Gasteiger partial charge is 0.247 e. The Balaban J connectivity index is 1.84. The van der Waals surface area contributed by atoms with Crippen molar-refractivity contribution < 1.29 is 13.2 Å². The van der Waals surface area contributed by atoms with E-state index in [1.807, 2.05) is 18.7 Å². The molecule has 1 aromatic heterocycles. The van der Waals surface area contributed by atoms with Crippen LogP contribution in [0, 0.1) is 11.8 Å².